The molecule has 0 spiro atoms. The molecule has 2 amide bonds. The molecule has 25 heavy (non-hydrogen) atoms. The van der Waals surface area contributed by atoms with Crippen molar-refractivity contribution in [3.8, 4) is 5.69 Å². The summed E-state index contributed by atoms with van der Waals surface area (Å²) in [6.07, 6.45) is 1.35. The van der Waals surface area contributed by atoms with Gasteiger partial charge in [0.25, 0.3) is 5.91 Å². The molecule has 2 N–H and O–H groups in total. The van der Waals surface area contributed by atoms with Gasteiger partial charge in [0, 0.05) is 12.6 Å². The summed E-state index contributed by atoms with van der Waals surface area (Å²) in [6.45, 7) is 1.34. The van der Waals surface area contributed by atoms with Crippen molar-refractivity contribution < 1.29 is 14.0 Å². The molecule has 0 saturated heterocycles. The molecule has 3 aromatic rings. The Kier molecular flexibility index (Phi) is 4.46. The molecule has 2 aromatic carbocycles. The van der Waals surface area contributed by atoms with E-state index in [2.05, 4.69) is 26.2 Å². The van der Waals surface area contributed by atoms with E-state index in [1.54, 1.807) is 24.3 Å². The summed E-state index contributed by atoms with van der Waals surface area (Å²) in [5, 5.41) is 15.9. The minimum absolute atomic E-state index is 0.0530. The third kappa shape index (κ3) is 3.66. The molecule has 0 fully saturated rings. The molecule has 1 aromatic heterocycles. The molecule has 1 heterocycles. The molecule has 0 atom stereocenters. The van der Waals surface area contributed by atoms with Crippen molar-refractivity contribution in [1.29, 1.82) is 0 Å². The summed E-state index contributed by atoms with van der Waals surface area (Å²) < 4.78 is 15.3. The van der Waals surface area contributed by atoms with Gasteiger partial charge in [-0.3, -0.25) is 9.59 Å². The second-order valence-electron chi connectivity index (χ2n) is 5.10. The zero-order chi connectivity index (χ0) is 17.8. The lowest BCUT2D eigenvalue weighted by molar-refractivity contribution is -0.114. The van der Waals surface area contributed by atoms with Crippen molar-refractivity contribution in [3.05, 3.63) is 60.2 Å². The Morgan fingerprint density at radius 2 is 1.92 bits per heavy atom. The van der Waals surface area contributed by atoms with E-state index in [9.17, 15) is 14.0 Å². The van der Waals surface area contributed by atoms with Crippen LogP contribution in [0.4, 0.5) is 15.8 Å². The zero-order valence-corrected chi connectivity index (χ0v) is 13.1. The van der Waals surface area contributed by atoms with Crippen LogP contribution >= 0.6 is 0 Å². The molecule has 0 aliphatic carbocycles. The monoisotopic (exact) mass is 340 g/mol. The minimum Gasteiger partial charge on any atom is -0.326 e. The van der Waals surface area contributed by atoms with Gasteiger partial charge in [-0.2, -0.15) is 4.68 Å². The molecule has 0 aliphatic rings. The summed E-state index contributed by atoms with van der Waals surface area (Å²) in [5.41, 5.74) is 1.03. The van der Waals surface area contributed by atoms with Gasteiger partial charge >= 0.3 is 0 Å². The van der Waals surface area contributed by atoms with Crippen LogP contribution in [0.1, 0.15) is 17.3 Å². The summed E-state index contributed by atoms with van der Waals surface area (Å²) in [5.74, 6) is -1.46. The first-order chi connectivity index (χ1) is 12.0. The number of aromatic nitrogens is 4. The second-order valence-corrected chi connectivity index (χ2v) is 5.10. The van der Waals surface area contributed by atoms with Crippen LogP contribution in [0.2, 0.25) is 0 Å². The van der Waals surface area contributed by atoms with E-state index in [0.29, 0.717) is 11.4 Å². The van der Waals surface area contributed by atoms with Gasteiger partial charge in [0.2, 0.25) is 5.91 Å². The van der Waals surface area contributed by atoms with Gasteiger partial charge in [0.1, 0.15) is 12.1 Å². The smallest absolute Gasteiger partial charge is 0.257 e. The number of hydrogen-bond donors (Lipinski definition) is 2. The first kappa shape index (κ1) is 16.2. The summed E-state index contributed by atoms with van der Waals surface area (Å²) in [4.78, 5) is 23.7. The highest BCUT2D eigenvalue weighted by Gasteiger charge is 2.15. The van der Waals surface area contributed by atoms with E-state index in [1.807, 2.05) is 0 Å². The Labute approximate surface area is 141 Å². The maximum absolute atomic E-state index is 14.0. The molecule has 3 rings (SSSR count). The molecule has 9 heteroatoms. The number of amides is 2. The number of nitrogens with one attached hydrogen (secondary N) is 2. The SMILES string of the molecule is CC(=O)Nc1ccc(F)c(NC(=O)c2ccccc2-n2cnnn2)c1. The predicted molar refractivity (Wildman–Crippen MR) is 87.8 cm³/mol. The highest BCUT2D eigenvalue weighted by atomic mass is 19.1. The van der Waals surface area contributed by atoms with Crippen LogP contribution in [0.5, 0.6) is 0 Å². The lowest BCUT2D eigenvalue weighted by atomic mass is 10.1. The first-order valence-electron chi connectivity index (χ1n) is 7.25. The number of hydrogen-bond acceptors (Lipinski definition) is 5. The Hall–Kier alpha value is -3.62. The highest BCUT2D eigenvalue weighted by Crippen LogP contribution is 2.21. The average molecular weight is 340 g/mol. The average Bonchev–Trinajstić information content (AvgIpc) is 3.12. The number of anilines is 2. The number of carbonyl (C=O) groups excluding carboxylic acids is 2. The van der Waals surface area contributed by atoms with Crippen LogP contribution in [-0.4, -0.2) is 32.0 Å². The standard InChI is InChI=1S/C16H13FN6O2/c1-10(24)19-11-6-7-13(17)14(8-11)20-16(25)12-4-2-3-5-15(12)23-9-18-21-22-23/h2-9H,1H3,(H,19,24)(H,20,25). The first-order valence-corrected chi connectivity index (χ1v) is 7.25. The normalized spacial score (nSPS) is 10.3. The van der Waals surface area contributed by atoms with Crippen molar-refractivity contribution in [2.75, 3.05) is 10.6 Å². The molecular formula is C16H13FN6O2. The highest BCUT2D eigenvalue weighted by molar-refractivity contribution is 6.07. The predicted octanol–water partition coefficient (Wildman–Crippen LogP) is 2.01. The van der Waals surface area contributed by atoms with Crippen molar-refractivity contribution in [1.82, 2.24) is 20.2 Å². The molecule has 0 aliphatic heterocycles. The zero-order valence-electron chi connectivity index (χ0n) is 13.1. The Morgan fingerprint density at radius 3 is 2.64 bits per heavy atom. The van der Waals surface area contributed by atoms with Crippen molar-refractivity contribution in [2.24, 2.45) is 0 Å². The Morgan fingerprint density at radius 1 is 1.12 bits per heavy atom. The summed E-state index contributed by atoms with van der Waals surface area (Å²) in [7, 11) is 0. The number of tetrazole rings is 1. The third-order valence-corrected chi connectivity index (χ3v) is 3.28. The number of para-hydroxylation sites is 1. The van der Waals surface area contributed by atoms with E-state index in [1.165, 1.54) is 30.1 Å². The maximum atomic E-state index is 14.0. The van der Waals surface area contributed by atoms with Gasteiger partial charge in [-0.15, -0.1) is 5.10 Å². The second kappa shape index (κ2) is 6.87. The van der Waals surface area contributed by atoms with Gasteiger partial charge in [-0.05, 0) is 40.8 Å². The molecule has 126 valence electrons. The van der Waals surface area contributed by atoms with Crippen LogP contribution in [0.25, 0.3) is 5.69 Å². The molecule has 8 nitrogen and oxygen atoms in total. The number of halogens is 1. The van der Waals surface area contributed by atoms with E-state index >= 15 is 0 Å². The quantitative estimate of drug-likeness (QED) is 0.756. The maximum Gasteiger partial charge on any atom is 0.257 e. The third-order valence-electron chi connectivity index (χ3n) is 3.28. The van der Waals surface area contributed by atoms with Crippen molar-refractivity contribution in [2.45, 2.75) is 6.92 Å². The van der Waals surface area contributed by atoms with Gasteiger partial charge in [0.15, 0.2) is 0 Å². The Balaban J connectivity index is 1.90. The molecule has 0 unspecified atom stereocenters. The van der Waals surface area contributed by atoms with Gasteiger partial charge in [0.05, 0.1) is 16.9 Å². The Bertz CT molecular complexity index is 926. The van der Waals surface area contributed by atoms with Crippen LogP contribution in [0.15, 0.2) is 48.8 Å². The number of nitrogens with zero attached hydrogens (tertiary/aromatic N) is 4. The number of rotatable bonds is 4. The van der Waals surface area contributed by atoms with E-state index in [-0.39, 0.29) is 17.2 Å². The van der Waals surface area contributed by atoms with E-state index < -0.39 is 11.7 Å². The fourth-order valence-corrected chi connectivity index (χ4v) is 2.23. The van der Waals surface area contributed by atoms with E-state index in [0.717, 1.165) is 6.07 Å². The van der Waals surface area contributed by atoms with Gasteiger partial charge in [-0.1, -0.05) is 12.1 Å². The largest absolute Gasteiger partial charge is 0.326 e. The van der Waals surface area contributed by atoms with Gasteiger partial charge < -0.3 is 10.6 Å². The molecule has 0 bridgehead atoms. The molecule has 0 radical (unpaired) electrons. The molecule has 0 saturated carbocycles. The summed E-state index contributed by atoms with van der Waals surface area (Å²) >= 11 is 0. The lowest BCUT2D eigenvalue weighted by Gasteiger charge is -2.11. The fraction of sp³-hybridized carbons (Fsp3) is 0.0625. The van der Waals surface area contributed by atoms with Crippen LogP contribution in [-0.2, 0) is 4.79 Å². The lowest BCUT2D eigenvalue weighted by Crippen LogP contribution is -2.16. The van der Waals surface area contributed by atoms with Crippen LogP contribution in [0.3, 0.4) is 0 Å². The van der Waals surface area contributed by atoms with Crippen molar-refractivity contribution in [3.63, 3.8) is 0 Å². The fourth-order valence-electron chi connectivity index (χ4n) is 2.23. The minimum atomic E-state index is -0.623. The van der Waals surface area contributed by atoms with E-state index in [4.69, 9.17) is 0 Å². The number of carbonyl (C=O) groups is 2. The number of benzene rings is 2. The van der Waals surface area contributed by atoms with Gasteiger partial charge in [-0.25, -0.2) is 4.39 Å². The topological polar surface area (TPSA) is 102 Å². The van der Waals surface area contributed by atoms with Crippen LogP contribution < -0.4 is 10.6 Å². The van der Waals surface area contributed by atoms with Crippen molar-refractivity contribution >= 4 is 23.2 Å². The molecular weight excluding hydrogens is 327 g/mol. The summed E-state index contributed by atoms with van der Waals surface area (Å²) in [6, 6.07) is 10.5. The van der Waals surface area contributed by atoms with Crippen LogP contribution in [0, 0.1) is 5.82 Å².